The van der Waals surface area contributed by atoms with Crippen molar-refractivity contribution in [1.29, 1.82) is 5.26 Å². The monoisotopic (exact) mass is 280 g/mol. The summed E-state index contributed by atoms with van der Waals surface area (Å²) in [4.78, 5) is 4.11. The molecule has 0 radical (unpaired) electrons. The number of nitrogens with zero attached hydrogens (tertiary/aromatic N) is 3. The van der Waals surface area contributed by atoms with Gasteiger partial charge in [0.1, 0.15) is 17.0 Å². The molecule has 0 unspecified atom stereocenters. The van der Waals surface area contributed by atoms with Gasteiger partial charge in [0, 0.05) is 18.9 Å². The first-order valence-electron chi connectivity index (χ1n) is 5.22. The van der Waals surface area contributed by atoms with E-state index in [-0.39, 0.29) is 0 Å². The zero-order valence-electron chi connectivity index (χ0n) is 9.61. The SMILES string of the molecule is Cn1c(CNc2ncccc2C#N)cc(Cl)c1Cl. The predicted octanol–water partition coefficient (Wildman–Crippen LogP) is 3.21. The number of hydrogen-bond acceptors (Lipinski definition) is 3. The standard InChI is InChI=1S/C12H10Cl2N4/c1-18-9(5-10(13)11(18)14)7-17-12-8(6-15)3-2-4-16-12/h2-5H,7H2,1H3,(H,16,17). The minimum atomic E-state index is 0.495. The molecule has 0 spiro atoms. The molecule has 92 valence electrons. The van der Waals surface area contributed by atoms with E-state index in [0.29, 0.717) is 28.1 Å². The van der Waals surface area contributed by atoms with Crippen molar-refractivity contribution in [2.75, 3.05) is 5.32 Å². The summed E-state index contributed by atoms with van der Waals surface area (Å²) in [5.74, 6) is 0.549. The maximum atomic E-state index is 8.94. The van der Waals surface area contributed by atoms with Gasteiger partial charge in [0.05, 0.1) is 17.1 Å². The number of aromatic nitrogens is 2. The van der Waals surface area contributed by atoms with Gasteiger partial charge in [-0.1, -0.05) is 23.2 Å². The van der Waals surface area contributed by atoms with Crippen LogP contribution in [-0.4, -0.2) is 9.55 Å². The van der Waals surface area contributed by atoms with Crippen molar-refractivity contribution in [1.82, 2.24) is 9.55 Å². The summed E-state index contributed by atoms with van der Waals surface area (Å²) in [5.41, 5.74) is 1.42. The molecule has 2 rings (SSSR count). The molecule has 0 aromatic carbocycles. The number of nitrogens with one attached hydrogen (secondary N) is 1. The van der Waals surface area contributed by atoms with Crippen LogP contribution in [0.15, 0.2) is 24.4 Å². The van der Waals surface area contributed by atoms with E-state index in [9.17, 15) is 0 Å². The molecule has 0 saturated carbocycles. The molecule has 4 nitrogen and oxygen atoms in total. The van der Waals surface area contributed by atoms with Gasteiger partial charge in [-0.3, -0.25) is 0 Å². The highest BCUT2D eigenvalue weighted by Gasteiger charge is 2.09. The van der Waals surface area contributed by atoms with Crippen LogP contribution in [0.25, 0.3) is 0 Å². The molecule has 2 heterocycles. The lowest BCUT2D eigenvalue weighted by atomic mass is 10.3. The van der Waals surface area contributed by atoms with Gasteiger partial charge in [-0.25, -0.2) is 4.98 Å². The average molecular weight is 281 g/mol. The largest absolute Gasteiger partial charge is 0.363 e. The van der Waals surface area contributed by atoms with Crippen molar-refractivity contribution in [2.45, 2.75) is 6.54 Å². The second kappa shape index (κ2) is 5.30. The van der Waals surface area contributed by atoms with Crippen LogP contribution >= 0.6 is 23.2 Å². The Balaban J connectivity index is 2.17. The molecule has 6 heteroatoms. The summed E-state index contributed by atoms with van der Waals surface area (Å²) in [6, 6.07) is 7.29. The van der Waals surface area contributed by atoms with Gasteiger partial charge in [0.2, 0.25) is 0 Å². The second-order valence-electron chi connectivity index (χ2n) is 3.70. The molecule has 0 aliphatic rings. The third-order valence-electron chi connectivity index (χ3n) is 2.58. The maximum Gasteiger partial charge on any atom is 0.144 e. The highest BCUT2D eigenvalue weighted by atomic mass is 35.5. The third kappa shape index (κ3) is 2.42. The van der Waals surface area contributed by atoms with Gasteiger partial charge >= 0.3 is 0 Å². The fraction of sp³-hybridized carbons (Fsp3) is 0.167. The molecule has 0 bridgehead atoms. The van der Waals surface area contributed by atoms with Gasteiger partial charge in [-0.05, 0) is 18.2 Å². The lowest BCUT2D eigenvalue weighted by molar-refractivity contribution is 0.841. The Bertz CT molecular complexity index is 613. The molecule has 0 fully saturated rings. The molecule has 0 aliphatic heterocycles. The van der Waals surface area contributed by atoms with E-state index < -0.39 is 0 Å². The smallest absolute Gasteiger partial charge is 0.144 e. The van der Waals surface area contributed by atoms with Crippen LogP contribution in [0.5, 0.6) is 0 Å². The van der Waals surface area contributed by atoms with Crippen molar-refractivity contribution in [3.8, 4) is 6.07 Å². The minimum absolute atomic E-state index is 0.495. The van der Waals surface area contributed by atoms with Crippen molar-refractivity contribution >= 4 is 29.0 Å². The van der Waals surface area contributed by atoms with E-state index in [1.165, 1.54) is 0 Å². The second-order valence-corrected chi connectivity index (χ2v) is 4.46. The molecule has 0 atom stereocenters. The van der Waals surface area contributed by atoms with Gasteiger partial charge in [0.25, 0.3) is 0 Å². The summed E-state index contributed by atoms with van der Waals surface area (Å²) in [6.45, 7) is 0.495. The van der Waals surface area contributed by atoms with Gasteiger partial charge < -0.3 is 9.88 Å². The average Bonchev–Trinajstić information content (AvgIpc) is 2.64. The maximum absolute atomic E-state index is 8.94. The molecule has 1 N–H and O–H groups in total. The molecule has 0 saturated heterocycles. The molecule has 0 amide bonds. The lowest BCUT2D eigenvalue weighted by Gasteiger charge is -2.08. The van der Waals surface area contributed by atoms with Gasteiger partial charge in [-0.2, -0.15) is 5.26 Å². The highest BCUT2D eigenvalue weighted by molar-refractivity contribution is 6.41. The summed E-state index contributed by atoms with van der Waals surface area (Å²) < 4.78 is 1.78. The van der Waals surface area contributed by atoms with Gasteiger partial charge in [0.15, 0.2) is 0 Å². The number of rotatable bonds is 3. The van der Waals surface area contributed by atoms with Crippen LogP contribution in [0, 0.1) is 11.3 Å². The number of anilines is 1. The van der Waals surface area contributed by atoms with Crippen LogP contribution in [0.4, 0.5) is 5.82 Å². The third-order valence-corrected chi connectivity index (χ3v) is 3.42. The molecule has 18 heavy (non-hydrogen) atoms. The highest BCUT2D eigenvalue weighted by Crippen LogP contribution is 2.25. The Hall–Kier alpha value is -1.70. The normalized spacial score (nSPS) is 10.1. The van der Waals surface area contributed by atoms with E-state index in [4.69, 9.17) is 28.5 Å². The molecular weight excluding hydrogens is 271 g/mol. The van der Waals surface area contributed by atoms with E-state index >= 15 is 0 Å². The quantitative estimate of drug-likeness (QED) is 0.939. The summed E-state index contributed by atoms with van der Waals surface area (Å²) in [7, 11) is 1.83. The Morgan fingerprint density at radius 3 is 2.89 bits per heavy atom. The van der Waals surface area contributed by atoms with Crippen LogP contribution in [0.3, 0.4) is 0 Å². The molecule has 2 aromatic rings. The Morgan fingerprint density at radius 1 is 1.50 bits per heavy atom. The fourth-order valence-electron chi connectivity index (χ4n) is 1.57. The van der Waals surface area contributed by atoms with Gasteiger partial charge in [-0.15, -0.1) is 0 Å². The number of nitriles is 1. The van der Waals surface area contributed by atoms with Crippen molar-refractivity contribution in [3.63, 3.8) is 0 Å². The topological polar surface area (TPSA) is 53.6 Å². The first kappa shape index (κ1) is 12.7. The molecule has 0 aliphatic carbocycles. The summed E-state index contributed by atoms with van der Waals surface area (Å²) >= 11 is 11.9. The summed E-state index contributed by atoms with van der Waals surface area (Å²) in [5, 5.41) is 13.0. The zero-order chi connectivity index (χ0) is 13.1. The van der Waals surface area contributed by atoms with Crippen molar-refractivity contribution < 1.29 is 0 Å². The number of pyridine rings is 1. The van der Waals surface area contributed by atoms with Crippen molar-refractivity contribution in [3.05, 3.63) is 45.8 Å². The first-order valence-corrected chi connectivity index (χ1v) is 5.97. The minimum Gasteiger partial charge on any atom is -0.363 e. The Kier molecular flexibility index (Phi) is 3.75. The van der Waals surface area contributed by atoms with Crippen LogP contribution in [0.1, 0.15) is 11.3 Å². The van der Waals surface area contributed by atoms with Crippen LogP contribution < -0.4 is 5.32 Å². The number of hydrogen-bond donors (Lipinski definition) is 1. The van der Waals surface area contributed by atoms with E-state index in [1.807, 2.05) is 7.05 Å². The predicted molar refractivity (Wildman–Crippen MR) is 71.7 cm³/mol. The fourth-order valence-corrected chi connectivity index (χ4v) is 1.99. The molecule has 2 aromatic heterocycles. The number of halogens is 2. The lowest BCUT2D eigenvalue weighted by Crippen LogP contribution is -2.06. The van der Waals surface area contributed by atoms with E-state index in [0.717, 1.165) is 5.69 Å². The van der Waals surface area contributed by atoms with E-state index in [1.54, 1.807) is 29.0 Å². The van der Waals surface area contributed by atoms with E-state index in [2.05, 4.69) is 16.4 Å². The summed E-state index contributed by atoms with van der Waals surface area (Å²) in [6.07, 6.45) is 1.63. The molecular formula is C12H10Cl2N4. The first-order chi connectivity index (χ1) is 8.63. The Morgan fingerprint density at radius 2 is 2.28 bits per heavy atom. The van der Waals surface area contributed by atoms with Crippen LogP contribution in [0.2, 0.25) is 10.2 Å². The van der Waals surface area contributed by atoms with Crippen LogP contribution in [-0.2, 0) is 13.6 Å². The Labute approximate surface area is 115 Å². The van der Waals surface area contributed by atoms with Crippen molar-refractivity contribution in [2.24, 2.45) is 7.05 Å². The zero-order valence-corrected chi connectivity index (χ0v) is 11.1.